The van der Waals surface area contributed by atoms with E-state index in [1.807, 2.05) is 31.2 Å². The van der Waals surface area contributed by atoms with Gasteiger partial charge in [0.15, 0.2) is 0 Å². The largest absolute Gasteiger partial charge is 0.453 e. The van der Waals surface area contributed by atoms with Crippen LogP contribution in [0.3, 0.4) is 0 Å². The first-order valence-electron chi connectivity index (χ1n) is 8.20. The molecule has 132 valence electrons. The first-order valence-corrected chi connectivity index (χ1v) is 8.20. The van der Waals surface area contributed by atoms with E-state index in [0.29, 0.717) is 26.3 Å². The molecule has 1 fully saturated rings. The molecule has 1 saturated heterocycles. The highest BCUT2D eigenvalue weighted by molar-refractivity contribution is 5.90. The maximum absolute atomic E-state index is 12.3. The van der Waals surface area contributed by atoms with Crippen molar-refractivity contribution < 1.29 is 19.1 Å². The van der Waals surface area contributed by atoms with Crippen molar-refractivity contribution in [3.05, 3.63) is 29.8 Å². The van der Waals surface area contributed by atoms with Gasteiger partial charge in [-0.05, 0) is 25.8 Å². The summed E-state index contributed by atoms with van der Waals surface area (Å²) in [6.07, 6.45) is 1.31. The molecule has 7 nitrogen and oxygen atoms in total. The van der Waals surface area contributed by atoms with Crippen molar-refractivity contribution in [2.75, 3.05) is 32.1 Å². The number of urea groups is 1. The molecular weight excluding hydrogens is 310 g/mol. The zero-order chi connectivity index (χ0) is 17.4. The van der Waals surface area contributed by atoms with Crippen LogP contribution in [0.2, 0.25) is 0 Å². The highest BCUT2D eigenvalue weighted by Crippen LogP contribution is 2.16. The highest BCUT2D eigenvalue weighted by Gasteiger charge is 2.25. The van der Waals surface area contributed by atoms with Gasteiger partial charge in [0, 0.05) is 37.0 Å². The quantitative estimate of drug-likeness (QED) is 0.867. The third-order valence-electron chi connectivity index (χ3n) is 3.92. The summed E-state index contributed by atoms with van der Waals surface area (Å²) in [5.74, 6) is 0. The molecule has 1 aliphatic heterocycles. The maximum Gasteiger partial charge on any atom is 0.409 e. The van der Waals surface area contributed by atoms with Crippen molar-refractivity contribution in [1.82, 2.24) is 10.2 Å². The Labute approximate surface area is 142 Å². The van der Waals surface area contributed by atoms with Crippen molar-refractivity contribution in [2.24, 2.45) is 0 Å². The minimum absolute atomic E-state index is 0.0862. The molecule has 2 N–H and O–H groups in total. The molecule has 7 heteroatoms. The van der Waals surface area contributed by atoms with E-state index in [1.165, 1.54) is 7.11 Å². The standard InChI is InChI=1S/C17H25N3O4/c1-3-24-12-13-7-4-5-9-15(13)19-16(21)18-14-8-6-10-20(11-14)17(22)23-2/h4-5,7,9,14H,3,6,8,10-12H2,1-2H3,(H2,18,19,21)/t14-/m1/s1. The molecule has 1 aliphatic rings. The highest BCUT2D eigenvalue weighted by atomic mass is 16.5. The summed E-state index contributed by atoms with van der Waals surface area (Å²) in [6, 6.07) is 7.17. The van der Waals surface area contributed by atoms with Crippen LogP contribution in [0.1, 0.15) is 25.3 Å². The lowest BCUT2D eigenvalue weighted by atomic mass is 10.1. The summed E-state index contributed by atoms with van der Waals surface area (Å²) < 4.78 is 10.2. The second-order valence-corrected chi connectivity index (χ2v) is 5.65. The second-order valence-electron chi connectivity index (χ2n) is 5.65. The molecule has 0 saturated carbocycles. The van der Waals surface area contributed by atoms with Gasteiger partial charge in [-0.1, -0.05) is 18.2 Å². The fourth-order valence-electron chi connectivity index (χ4n) is 2.71. The molecule has 0 aliphatic carbocycles. The van der Waals surface area contributed by atoms with Crippen LogP contribution in [0.4, 0.5) is 15.3 Å². The van der Waals surface area contributed by atoms with Crippen LogP contribution in [0.5, 0.6) is 0 Å². The molecule has 0 unspecified atom stereocenters. The van der Waals surface area contributed by atoms with Gasteiger partial charge in [0.2, 0.25) is 0 Å². The first kappa shape index (κ1) is 18.1. The van der Waals surface area contributed by atoms with Gasteiger partial charge < -0.3 is 25.0 Å². The van der Waals surface area contributed by atoms with Gasteiger partial charge in [0.1, 0.15) is 0 Å². The number of anilines is 1. The zero-order valence-electron chi connectivity index (χ0n) is 14.2. The van der Waals surface area contributed by atoms with E-state index in [9.17, 15) is 9.59 Å². The molecular formula is C17H25N3O4. The Morgan fingerprint density at radius 2 is 2.12 bits per heavy atom. The van der Waals surface area contributed by atoms with Crippen molar-refractivity contribution in [2.45, 2.75) is 32.4 Å². The van der Waals surface area contributed by atoms with Gasteiger partial charge >= 0.3 is 12.1 Å². The van der Waals surface area contributed by atoms with Crippen LogP contribution in [-0.4, -0.2) is 49.9 Å². The fourth-order valence-corrected chi connectivity index (χ4v) is 2.71. The summed E-state index contributed by atoms with van der Waals surface area (Å²) in [5.41, 5.74) is 1.65. The summed E-state index contributed by atoms with van der Waals surface area (Å²) in [6.45, 7) is 4.11. The molecule has 0 radical (unpaired) electrons. The van der Waals surface area contributed by atoms with Crippen LogP contribution in [0.25, 0.3) is 0 Å². The van der Waals surface area contributed by atoms with Crippen LogP contribution in [0, 0.1) is 0 Å². The van der Waals surface area contributed by atoms with E-state index in [2.05, 4.69) is 10.6 Å². The fraction of sp³-hybridized carbons (Fsp3) is 0.529. The second kappa shape index (κ2) is 9.12. The van der Waals surface area contributed by atoms with Crippen LogP contribution in [-0.2, 0) is 16.1 Å². The number of para-hydroxylation sites is 1. The Bertz CT molecular complexity index is 565. The van der Waals surface area contributed by atoms with E-state index in [0.717, 1.165) is 24.1 Å². The molecule has 1 atom stereocenters. The predicted octanol–water partition coefficient (Wildman–Crippen LogP) is 2.58. The minimum Gasteiger partial charge on any atom is -0.453 e. The molecule has 3 amide bonds. The lowest BCUT2D eigenvalue weighted by Gasteiger charge is -2.32. The number of ether oxygens (including phenoxy) is 2. The molecule has 24 heavy (non-hydrogen) atoms. The SMILES string of the molecule is CCOCc1ccccc1NC(=O)N[C@@H]1CCCN(C(=O)OC)C1. The molecule has 1 aromatic rings. The van der Waals surface area contributed by atoms with Crippen LogP contribution < -0.4 is 10.6 Å². The Balaban J connectivity index is 1.90. The monoisotopic (exact) mass is 335 g/mol. The summed E-state index contributed by atoms with van der Waals surface area (Å²) in [7, 11) is 1.36. The Kier molecular flexibility index (Phi) is 6.87. The average molecular weight is 335 g/mol. The zero-order valence-corrected chi connectivity index (χ0v) is 14.2. The van der Waals surface area contributed by atoms with Gasteiger partial charge in [-0.2, -0.15) is 0 Å². The number of nitrogens with one attached hydrogen (secondary N) is 2. The Hall–Kier alpha value is -2.28. The van der Waals surface area contributed by atoms with Crippen molar-refractivity contribution in [1.29, 1.82) is 0 Å². The summed E-state index contributed by atoms with van der Waals surface area (Å²) in [5, 5.41) is 5.78. The molecule has 1 heterocycles. The number of carbonyl (C=O) groups is 2. The van der Waals surface area contributed by atoms with Gasteiger partial charge in [-0.25, -0.2) is 9.59 Å². The van der Waals surface area contributed by atoms with E-state index in [1.54, 1.807) is 4.90 Å². The molecule has 1 aromatic carbocycles. The number of hydrogen-bond acceptors (Lipinski definition) is 4. The number of benzene rings is 1. The number of methoxy groups -OCH3 is 1. The lowest BCUT2D eigenvalue weighted by molar-refractivity contribution is 0.108. The number of hydrogen-bond donors (Lipinski definition) is 2. The number of amides is 3. The Morgan fingerprint density at radius 3 is 2.88 bits per heavy atom. The van der Waals surface area contributed by atoms with Crippen molar-refractivity contribution in [3.63, 3.8) is 0 Å². The maximum atomic E-state index is 12.3. The van der Waals surface area contributed by atoms with Crippen molar-refractivity contribution >= 4 is 17.8 Å². The van der Waals surface area contributed by atoms with Gasteiger partial charge in [0.25, 0.3) is 0 Å². The molecule has 2 rings (SSSR count). The smallest absolute Gasteiger partial charge is 0.409 e. The predicted molar refractivity (Wildman–Crippen MR) is 90.9 cm³/mol. The van der Waals surface area contributed by atoms with Gasteiger partial charge in [-0.3, -0.25) is 0 Å². The molecule has 0 bridgehead atoms. The summed E-state index contributed by atoms with van der Waals surface area (Å²) >= 11 is 0. The third kappa shape index (κ3) is 5.13. The number of carbonyl (C=O) groups excluding carboxylic acids is 2. The Morgan fingerprint density at radius 1 is 1.33 bits per heavy atom. The number of likely N-dealkylation sites (tertiary alicyclic amines) is 1. The lowest BCUT2D eigenvalue weighted by Crippen LogP contribution is -2.50. The number of rotatable bonds is 5. The first-order chi connectivity index (χ1) is 11.6. The van der Waals surface area contributed by atoms with Crippen molar-refractivity contribution in [3.8, 4) is 0 Å². The third-order valence-corrected chi connectivity index (χ3v) is 3.92. The van der Waals surface area contributed by atoms with E-state index in [-0.39, 0.29) is 18.2 Å². The van der Waals surface area contributed by atoms with E-state index >= 15 is 0 Å². The average Bonchev–Trinajstić information content (AvgIpc) is 2.60. The molecule has 0 aromatic heterocycles. The molecule has 0 spiro atoms. The number of piperidine rings is 1. The topological polar surface area (TPSA) is 79.9 Å². The van der Waals surface area contributed by atoms with Crippen LogP contribution in [0.15, 0.2) is 24.3 Å². The van der Waals surface area contributed by atoms with E-state index in [4.69, 9.17) is 9.47 Å². The summed E-state index contributed by atoms with van der Waals surface area (Å²) in [4.78, 5) is 25.5. The normalized spacial score (nSPS) is 17.2. The number of nitrogens with zero attached hydrogens (tertiary/aromatic N) is 1. The van der Waals surface area contributed by atoms with Gasteiger partial charge in [-0.15, -0.1) is 0 Å². The minimum atomic E-state index is -0.357. The van der Waals surface area contributed by atoms with Crippen LogP contribution >= 0.6 is 0 Å². The van der Waals surface area contributed by atoms with Gasteiger partial charge in [0.05, 0.1) is 13.7 Å². The van der Waals surface area contributed by atoms with E-state index < -0.39 is 0 Å².